The summed E-state index contributed by atoms with van der Waals surface area (Å²) in [5.74, 6) is 0.0797. The third-order valence-corrected chi connectivity index (χ3v) is 3.06. The largest absolute Gasteiger partial charge is 0.480 e. The lowest BCUT2D eigenvalue weighted by molar-refractivity contribution is -0.142. The molecule has 0 saturated heterocycles. The number of hydrogen-bond acceptors (Lipinski definition) is 4. The third-order valence-electron chi connectivity index (χ3n) is 3.06. The molecule has 0 atom stereocenters. The van der Waals surface area contributed by atoms with Crippen molar-refractivity contribution in [1.29, 1.82) is 0 Å². The van der Waals surface area contributed by atoms with Crippen LogP contribution < -0.4 is 4.90 Å². The zero-order valence-electron chi connectivity index (χ0n) is 11.6. The SMILES string of the molecule is CCN(c1cc(C(C)C)ncn1)C(C)(C)C(=O)O. The van der Waals surface area contributed by atoms with E-state index in [4.69, 9.17) is 0 Å². The van der Waals surface area contributed by atoms with Crippen LogP contribution in [0.25, 0.3) is 0 Å². The fourth-order valence-corrected chi connectivity index (χ4v) is 1.78. The first kappa shape index (κ1) is 14.4. The molecule has 0 saturated carbocycles. The molecule has 0 aliphatic carbocycles. The Bertz CT molecular complexity index is 430. The first-order valence-corrected chi connectivity index (χ1v) is 6.13. The molecule has 100 valence electrons. The monoisotopic (exact) mass is 251 g/mol. The molecule has 1 heterocycles. The van der Waals surface area contributed by atoms with Gasteiger partial charge >= 0.3 is 5.97 Å². The van der Waals surface area contributed by atoms with Crippen molar-refractivity contribution < 1.29 is 9.90 Å². The minimum Gasteiger partial charge on any atom is -0.480 e. The predicted molar refractivity (Wildman–Crippen MR) is 70.9 cm³/mol. The number of hydrogen-bond donors (Lipinski definition) is 1. The summed E-state index contributed by atoms with van der Waals surface area (Å²) < 4.78 is 0. The summed E-state index contributed by atoms with van der Waals surface area (Å²) in [7, 11) is 0. The maximum Gasteiger partial charge on any atom is 0.328 e. The second-order valence-electron chi connectivity index (χ2n) is 5.06. The Hall–Kier alpha value is -1.65. The molecule has 0 radical (unpaired) electrons. The summed E-state index contributed by atoms with van der Waals surface area (Å²) >= 11 is 0. The van der Waals surface area contributed by atoms with Crippen molar-refractivity contribution in [1.82, 2.24) is 9.97 Å². The van der Waals surface area contributed by atoms with Gasteiger partial charge in [-0.1, -0.05) is 13.8 Å². The zero-order valence-corrected chi connectivity index (χ0v) is 11.6. The highest BCUT2D eigenvalue weighted by molar-refractivity contribution is 5.82. The molecular weight excluding hydrogens is 230 g/mol. The van der Waals surface area contributed by atoms with Crippen LogP contribution in [0.3, 0.4) is 0 Å². The topological polar surface area (TPSA) is 66.3 Å². The number of anilines is 1. The molecule has 1 rings (SSSR count). The Morgan fingerprint density at radius 1 is 1.44 bits per heavy atom. The minimum atomic E-state index is -0.989. The number of aromatic nitrogens is 2. The Kier molecular flexibility index (Phi) is 4.27. The molecule has 0 aromatic carbocycles. The molecule has 0 aliphatic heterocycles. The third kappa shape index (κ3) is 2.78. The van der Waals surface area contributed by atoms with E-state index in [1.54, 1.807) is 18.7 Å². The van der Waals surface area contributed by atoms with Gasteiger partial charge < -0.3 is 10.0 Å². The average Bonchev–Trinajstić information content (AvgIpc) is 2.29. The van der Waals surface area contributed by atoms with E-state index in [1.165, 1.54) is 6.33 Å². The lowest BCUT2D eigenvalue weighted by Crippen LogP contribution is -2.50. The van der Waals surface area contributed by atoms with E-state index >= 15 is 0 Å². The number of aliphatic carboxylic acids is 1. The molecule has 5 heteroatoms. The van der Waals surface area contributed by atoms with Crippen LogP contribution in [0.4, 0.5) is 5.82 Å². The Morgan fingerprint density at radius 3 is 2.50 bits per heavy atom. The molecule has 5 nitrogen and oxygen atoms in total. The highest BCUT2D eigenvalue weighted by atomic mass is 16.4. The van der Waals surface area contributed by atoms with Gasteiger partial charge in [-0.25, -0.2) is 14.8 Å². The van der Waals surface area contributed by atoms with Crippen molar-refractivity contribution >= 4 is 11.8 Å². The predicted octanol–water partition coefficient (Wildman–Crippen LogP) is 2.29. The molecule has 0 amide bonds. The van der Waals surface area contributed by atoms with Gasteiger partial charge in [-0.15, -0.1) is 0 Å². The summed E-state index contributed by atoms with van der Waals surface area (Å²) in [4.78, 5) is 21.5. The molecule has 1 N–H and O–H groups in total. The van der Waals surface area contributed by atoms with Crippen LogP contribution in [0, 0.1) is 0 Å². The number of carboxylic acids is 1. The zero-order chi connectivity index (χ0) is 13.9. The lowest BCUT2D eigenvalue weighted by Gasteiger charge is -2.35. The molecule has 0 bridgehead atoms. The van der Waals surface area contributed by atoms with Crippen molar-refractivity contribution in [3.8, 4) is 0 Å². The second kappa shape index (κ2) is 5.33. The van der Waals surface area contributed by atoms with E-state index < -0.39 is 11.5 Å². The van der Waals surface area contributed by atoms with Crippen LogP contribution >= 0.6 is 0 Å². The summed E-state index contributed by atoms with van der Waals surface area (Å²) in [6, 6.07) is 1.86. The molecule has 0 fully saturated rings. The maximum atomic E-state index is 11.3. The first-order valence-electron chi connectivity index (χ1n) is 6.13. The van der Waals surface area contributed by atoms with E-state index in [9.17, 15) is 9.90 Å². The fraction of sp³-hybridized carbons (Fsp3) is 0.615. The summed E-state index contributed by atoms with van der Waals surface area (Å²) in [6.07, 6.45) is 1.49. The second-order valence-corrected chi connectivity index (χ2v) is 5.06. The van der Waals surface area contributed by atoms with Crippen molar-refractivity contribution in [2.24, 2.45) is 0 Å². The van der Waals surface area contributed by atoms with Gasteiger partial charge in [0.05, 0.1) is 0 Å². The van der Waals surface area contributed by atoms with Gasteiger partial charge in [0.25, 0.3) is 0 Å². The summed E-state index contributed by atoms with van der Waals surface area (Å²) in [6.45, 7) is 9.94. The van der Waals surface area contributed by atoms with Crippen LogP contribution in [-0.4, -0.2) is 33.1 Å². The summed E-state index contributed by atoms with van der Waals surface area (Å²) in [5, 5.41) is 9.30. The number of likely N-dealkylation sites (N-methyl/N-ethyl adjacent to an activating group) is 1. The first-order chi connectivity index (χ1) is 8.30. The van der Waals surface area contributed by atoms with Crippen molar-refractivity contribution in [2.75, 3.05) is 11.4 Å². The van der Waals surface area contributed by atoms with Gasteiger partial charge in [-0.2, -0.15) is 0 Å². The standard InChI is InChI=1S/C13H21N3O2/c1-6-16(13(4,5)12(17)18)11-7-10(9(2)3)14-8-15-11/h7-9H,6H2,1-5H3,(H,17,18). The van der Waals surface area contributed by atoms with Crippen molar-refractivity contribution in [3.63, 3.8) is 0 Å². The average molecular weight is 251 g/mol. The highest BCUT2D eigenvalue weighted by Crippen LogP contribution is 2.24. The number of carboxylic acid groups (broad SMARTS) is 1. The van der Waals surface area contributed by atoms with Gasteiger partial charge in [-0.05, 0) is 26.7 Å². The molecule has 0 unspecified atom stereocenters. The lowest BCUT2D eigenvalue weighted by atomic mass is 10.0. The van der Waals surface area contributed by atoms with Gasteiger partial charge in [0, 0.05) is 18.3 Å². The molecule has 1 aromatic heterocycles. The van der Waals surface area contributed by atoms with E-state index in [0.29, 0.717) is 18.3 Å². The van der Waals surface area contributed by atoms with E-state index in [2.05, 4.69) is 9.97 Å². The Morgan fingerprint density at radius 2 is 2.06 bits per heavy atom. The summed E-state index contributed by atoms with van der Waals surface area (Å²) in [5.41, 5.74) is -0.0724. The van der Waals surface area contributed by atoms with Crippen LogP contribution in [0.15, 0.2) is 12.4 Å². The fourth-order valence-electron chi connectivity index (χ4n) is 1.78. The smallest absolute Gasteiger partial charge is 0.328 e. The number of carbonyl (C=O) groups is 1. The number of nitrogens with zero attached hydrogens (tertiary/aromatic N) is 3. The van der Waals surface area contributed by atoms with E-state index in [1.807, 2.05) is 26.8 Å². The Balaban J connectivity index is 3.17. The van der Waals surface area contributed by atoms with Crippen LogP contribution in [0.2, 0.25) is 0 Å². The maximum absolute atomic E-state index is 11.3. The van der Waals surface area contributed by atoms with Gasteiger partial charge in [-0.3, -0.25) is 0 Å². The Labute approximate surface area is 108 Å². The van der Waals surface area contributed by atoms with Gasteiger partial charge in [0.1, 0.15) is 17.7 Å². The molecule has 0 aliphatic rings. The van der Waals surface area contributed by atoms with Crippen molar-refractivity contribution in [2.45, 2.75) is 46.1 Å². The van der Waals surface area contributed by atoms with Crippen LogP contribution in [0.5, 0.6) is 0 Å². The molecular formula is C13H21N3O2. The van der Waals surface area contributed by atoms with Crippen molar-refractivity contribution in [3.05, 3.63) is 18.1 Å². The van der Waals surface area contributed by atoms with E-state index in [-0.39, 0.29) is 0 Å². The highest BCUT2D eigenvalue weighted by Gasteiger charge is 2.34. The minimum absolute atomic E-state index is 0.290. The van der Waals surface area contributed by atoms with E-state index in [0.717, 1.165) is 5.69 Å². The van der Waals surface area contributed by atoms with Crippen LogP contribution in [-0.2, 0) is 4.79 Å². The van der Waals surface area contributed by atoms with Gasteiger partial charge in [0.2, 0.25) is 0 Å². The number of rotatable bonds is 5. The normalized spacial score (nSPS) is 11.7. The molecule has 18 heavy (non-hydrogen) atoms. The molecule has 0 spiro atoms. The van der Waals surface area contributed by atoms with Gasteiger partial charge in [0.15, 0.2) is 0 Å². The van der Waals surface area contributed by atoms with Crippen LogP contribution in [0.1, 0.15) is 46.2 Å². The quantitative estimate of drug-likeness (QED) is 0.869. The molecule has 1 aromatic rings.